The summed E-state index contributed by atoms with van der Waals surface area (Å²) in [6, 6.07) is 4.68. The fourth-order valence-corrected chi connectivity index (χ4v) is 2.55. The summed E-state index contributed by atoms with van der Waals surface area (Å²) >= 11 is 5.95. The highest BCUT2D eigenvalue weighted by atomic mass is 35.5. The minimum atomic E-state index is -0.828. The van der Waals surface area contributed by atoms with Crippen LogP contribution in [0.5, 0.6) is 0 Å². The third-order valence-electron chi connectivity index (χ3n) is 3.22. The summed E-state index contributed by atoms with van der Waals surface area (Å²) in [5, 5.41) is 14.5. The largest absolute Gasteiger partial charge is 0.480 e. The van der Waals surface area contributed by atoms with Gasteiger partial charge in [-0.3, -0.25) is 0 Å². The zero-order chi connectivity index (χ0) is 12.7. The molecule has 94 valence electrons. The van der Waals surface area contributed by atoms with Crippen molar-refractivity contribution in [2.45, 2.75) is 18.9 Å². The quantitative estimate of drug-likeness (QED) is 0.905. The Hall–Kier alpha value is -1.75. The van der Waals surface area contributed by atoms with Gasteiger partial charge in [-0.25, -0.2) is 4.79 Å². The Morgan fingerprint density at radius 2 is 2.39 bits per heavy atom. The van der Waals surface area contributed by atoms with E-state index in [1.54, 1.807) is 23.1 Å². The maximum Gasteiger partial charge on any atom is 0.326 e. The zero-order valence-corrected chi connectivity index (χ0v) is 10.2. The molecule has 0 spiro atoms. The standard InChI is InChI=1S/C12H11ClN2O3/c13-7-3-4-10-8(6-7)11(14-18-10)15-5-1-2-9(15)12(16)17/h3-4,6,9H,1-2,5H2,(H,16,17). The molecule has 1 aliphatic rings. The van der Waals surface area contributed by atoms with E-state index in [-0.39, 0.29) is 0 Å². The van der Waals surface area contributed by atoms with Crippen LogP contribution in [0.2, 0.25) is 5.02 Å². The SMILES string of the molecule is O=C(O)C1CCCN1c1noc2ccc(Cl)cc12. The van der Waals surface area contributed by atoms with Crippen LogP contribution in [0.15, 0.2) is 22.7 Å². The number of benzene rings is 1. The van der Waals surface area contributed by atoms with Crippen LogP contribution in [-0.2, 0) is 4.79 Å². The van der Waals surface area contributed by atoms with Crippen LogP contribution in [-0.4, -0.2) is 28.8 Å². The molecular weight excluding hydrogens is 256 g/mol. The minimum absolute atomic E-state index is 0.530. The van der Waals surface area contributed by atoms with Crippen molar-refractivity contribution in [3.05, 3.63) is 23.2 Å². The van der Waals surface area contributed by atoms with Gasteiger partial charge in [0.1, 0.15) is 6.04 Å². The number of hydrogen-bond acceptors (Lipinski definition) is 4. The van der Waals surface area contributed by atoms with E-state index in [1.807, 2.05) is 0 Å². The third kappa shape index (κ3) is 1.71. The molecule has 1 aromatic heterocycles. The first kappa shape index (κ1) is 11.3. The molecule has 1 aromatic carbocycles. The number of aliphatic carboxylic acids is 1. The van der Waals surface area contributed by atoms with Crippen molar-refractivity contribution >= 4 is 34.4 Å². The first-order valence-electron chi connectivity index (χ1n) is 5.71. The van der Waals surface area contributed by atoms with E-state index in [0.29, 0.717) is 29.4 Å². The summed E-state index contributed by atoms with van der Waals surface area (Å²) in [5.41, 5.74) is 0.616. The summed E-state index contributed by atoms with van der Waals surface area (Å²) in [5.74, 6) is -0.261. The Morgan fingerprint density at radius 1 is 1.56 bits per heavy atom. The number of anilines is 1. The molecule has 0 bridgehead atoms. The highest BCUT2D eigenvalue weighted by Crippen LogP contribution is 2.33. The van der Waals surface area contributed by atoms with Gasteiger partial charge in [0.15, 0.2) is 11.4 Å². The van der Waals surface area contributed by atoms with Crippen LogP contribution in [0.25, 0.3) is 11.0 Å². The highest BCUT2D eigenvalue weighted by molar-refractivity contribution is 6.31. The molecule has 0 saturated carbocycles. The Labute approximate surface area is 108 Å². The van der Waals surface area contributed by atoms with E-state index in [0.717, 1.165) is 11.8 Å². The van der Waals surface area contributed by atoms with Gasteiger partial charge in [0.2, 0.25) is 0 Å². The minimum Gasteiger partial charge on any atom is -0.480 e. The van der Waals surface area contributed by atoms with Gasteiger partial charge in [-0.1, -0.05) is 16.8 Å². The first-order valence-corrected chi connectivity index (χ1v) is 6.09. The maximum atomic E-state index is 11.2. The van der Waals surface area contributed by atoms with Crippen molar-refractivity contribution in [3.63, 3.8) is 0 Å². The fourth-order valence-electron chi connectivity index (χ4n) is 2.38. The molecule has 1 saturated heterocycles. The number of fused-ring (bicyclic) bond motifs is 1. The van der Waals surface area contributed by atoms with E-state index in [1.165, 1.54) is 0 Å². The van der Waals surface area contributed by atoms with Gasteiger partial charge in [0.25, 0.3) is 0 Å². The molecule has 0 aliphatic carbocycles. The molecular formula is C12H11ClN2O3. The van der Waals surface area contributed by atoms with Crippen molar-refractivity contribution in [1.29, 1.82) is 0 Å². The normalized spacial score (nSPS) is 19.6. The predicted molar refractivity (Wildman–Crippen MR) is 67.0 cm³/mol. The summed E-state index contributed by atoms with van der Waals surface area (Å²) in [6.45, 7) is 0.672. The first-order chi connectivity index (χ1) is 8.66. The van der Waals surface area contributed by atoms with E-state index < -0.39 is 12.0 Å². The van der Waals surface area contributed by atoms with Crippen LogP contribution in [0.3, 0.4) is 0 Å². The van der Waals surface area contributed by atoms with Gasteiger partial charge < -0.3 is 14.5 Å². The number of carboxylic acids is 1. The van der Waals surface area contributed by atoms with Crippen LogP contribution in [0, 0.1) is 0 Å². The third-order valence-corrected chi connectivity index (χ3v) is 3.46. The van der Waals surface area contributed by atoms with Gasteiger partial charge in [0, 0.05) is 11.6 Å². The number of rotatable bonds is 2. The van der Waals surface area contributed by atoms with Crippen molar-refractivity contribution < 1.29 is 14.4 Å². The Kier molecular flexibility index (Phi) is 2.63. The molecule has 1 fully saturated rings. The number of aromatic nitrogens is 1. The van der Waals surface area contributed by atoms with Crippen molar-refractivity contribution in [3.8, 4) is 0 Å². The summed E-state index contributed by atoms with van der Waals surface area (Å²) in [7, 11) is 0. The molecule has 1 unspecified atom stereocenters. The van der Waals surface area contributed by atoms with E-state index in [9.17, 15) is 9.90 Å². The molecule has 3 rings (SSSR count). The van der Waals surface area contributed by atoms with Gasteiger partial charge >= 0.3 is 5.97 Å². The number of nitrogens with zero attached hydrogens (tertiary/aromatic N) is 2. The van der Waals surface area contributed by atoms with E-state index >= 15 is 0 Å². The van der Waals surface area contributed by atoms with Crippen molar-refractivity contribution in [2.24, 2.45) is 0 Å². The maximum absolute atomic E-state index is 11.2. The topological polar surface area (TPSA) is 66.6 Å². The molecule has 2 heterocycles. The lowest BCUT2D eigenvalue weighted by Gasteiger charge is -2.20. The number of carboxylic acid groups (broad SMARTS) is 1. The second kappa shape index (κ2) is 4.17. The fraction of sp³-hybridized carbons (Fsp3) is 0.333. The van der Waals surface area contributed by atoms with E-state index in [2.05, 4.69) is 5.16 Å². The Balaban J connectivity index is 2.08. The van der Waals surface area contributed by atoms with Crippen LogP contribution in [0.4, 0.5) is 5.82 Å². The van der Waals surface area contributed by atoms with Gasteiger partial charge in [-0.05, 0) is 31.0 Å². The number of carbonyl (C=O) groups is 1. The monoisotopic (exact) mass is 266 g/mol. The number of hydrogen-bond donors (Lipinski definition) is 1. The van der Waals surface area contributed by atoms with Gasteiger partial charge in [-0.15, -0.1) is 0 Å². The molecule has 1 N–H and O–H groups in total. The second-order valence-corrected chi connectivity index (χ2v) is 4.77. The highest BCUT2D eigenvalue weighted by Gasteiger charge is 2.33. The van der Waals surface area contributed by atoms with Gasteiger partial charge in [0.05, 0.1) is 5.39 Å². The van der Waals surface area contributed by atoms with E-state index in [4.69, 9.17) is 16.1 Å². The van der Waals surface area contributed by atoms with Crippen molar-refractivity contribution in [2.75, 3.05) is 11.4 Å². The lowest BCUT2D eigenvalue weighted by Crippen LogP contribution is -2.36. The van der Waals surface area contributed by atoms with Crippen molar-refractivity contribution in [1.82, 2.24) is 5.16 Å². The molecule has 0 radical (unpaired) electrons. The molecule has 18 heavy (non-hydrogen) atoms. The smallest absolute Gasteiger partial charge is 0.326 e. The lowest BCUT2D eigenvalue weighted by atomic mass is 10.2. The molecule has 1 atom stereocenters. The molecule has 5 nitrogen and oxygen atoms in total. The Morgan fingerprint density at radius 3 is 3.17 bits per heavy atom. The van der Waals surface area contributed by atoms with Gasteiger partial charge in [-0.2, -0.15) is 0 Å². The average molecular weight is 267 g/mol. The molecule has 6 heteroatoms. The Bertz CT molecular complexity index is 610. The van der Waals surface area contributed by atoms with Crippen LogP contribution < -0.4 is 4.90 Å². The molecule has 2 aromatic rings. The predicted octanol–water partition coefficient (Wildman–Crippen LogP) is 2.53. The van der Waals surface area contributed by atoms with Crippen LogP contribution in [0.1, 0.15) is 12.8 Å². The zero-order valence-electron chi connectivity index (χ0n) is 9.47. The second-order valence-electron chi connectivity index (χ2n) is 4.34. The molecule has 1 aliphatic heterocycles. The summed E-state index contributed by atoms with van der Waals surface area (Å²) in [6.07, 6.45) is 1.47. The summed E-state index contributed by atoms with van der Waals surface area (Å²) < 4.78 is 5.20. The lowest BCUT2D eigenvalue weighted by molar-refractivity contribution is -0.138. The molecule has 0 amide bonds. The average Bonchev–Trinajstić information content (AvgIpc) is 2.92. The van der Waals surface area contributed by atoms with Crippen LogP contribution >= 0.6 is 11.6 Å². The number of halogens is 1. The summed E-state index contributed by atoms with van der Waals surface area (Å²) in [4.78, 5) is 13.0.